The molecular weight excluding hydrogens is 310 g/mol. The second-order valence-electron chi connectivity index (χ2n) is 3.88. The Morgan fingerprint density at radius 2 is 1.85 bits per heavy atom. The molecule has 0 amide bonds. The quantitative estimate of drug-likeness (QED) is 0.854. The third-order valence-electron chi connectivity index (χ3n) is 2.46. The van der Waals surface area contributed by atoms with Gasteiger partial charge in [0, 0.05) is 0 Å². The Kier molecular flexibility index (Phi) is 3.82. The summed E-state index contributed by atoms with van der Waals surface area (Å²) in [6.07, 6.45) is 0. The molecule has 0 aliphatic rings. The normalized spacial score (nSPS) is 11.3. The molecule has 106 valence electrons. The van der Waals surface area contributed by atoms with Crippen molar-refractivity contribution in [3.8, 4) is 0 Å². The van der Waals surface area contributed by atoms with Crippen LogP contribution in [0.2, 0.25) is 5.02 Å². The summed E-state index contributed by atoms with van der Waals surface area (Å²) in [4.78, 5) is -0.489. The lowest BCUT2D eigenvalue weighted by Gasteiger charge is -2.12. The molecule has 20 heavy (non-hydrogen) atoms. The maximum absolute atomic E-state index is 13.6. The fraction of sp³-hybridized carbons (Fsp3) is 0. The van der Waals surface area contributed by atoms with Crippen LogP contribution in [-0.2, 0) is 10.0 Å². The van der Waals surface area contributed by atoms with E-state index in [0.717, 1.165) is 24.3 Å². The molecule has 2 aromatic rings. The van der Waals surface area contributed by atoms with Crippen molar-refractivity contribution in [2.75, 3.05) is 10.5 Å². The van der Waals surface area contributed by atoms with Crippen LogP contribution >= 0.6 is 11.6 Å². The van der Waals surface area contributed by atoms with Crippen molar-refractivity contribution in [2.45, 2.75) is 4.90 Å². The highest BCUT2D eigenvalue weighted by Crippen LogP contribution is 2.29. The summed E-state index contributed by atoms with van der Waals surface area (Å²) in [7, 11) is -4.25. The molecule has 0 heterocycles. The first-order chi connectivity index (χ1) is 9.31. The molecule has 0 radical (unpaired) electrons. The molecule has 0 bridgehead atoms. The van der Waals surface area contributed by atoms with Crippen LogP contribution in [0.15, 0.2) is 41.3 Å². The topological polar surface area (TPSA) is 72.2 Å². The number of sulfonamides is 1. The molecule has 3 N–H and O–H groups in total. The molecule has 4 nitrogen and oxygen atoms in total. The highest BCUT2D eigenvalue weighted by molar-refractivity contribution is 7.92. The number of nitrogen functional groups attached to an aromatic ring is 1. The predicted octanol–water partition coefficient (Wildman–Crippen LogP) is 3.00. The minimum atomic E-state index is -4.25. The molecule has 0 saturated carbocycles. The Morgan fingerprint density at radius 3 is 2.50 bits per heavy atom. The monoisotopic (exact) mass is 318 g/mol. The molecule has 8 heteroatoms. The summed E-state index contributed by atoms with van der Waals surface area (Å²) < 4.78 is 52.8. The molecule has 0 spiro atoms. The zero-order chi connectivity index (χ0) is 14.9. The van der Waals surface area contributed by atoms with Crippen LogP contribution in [-0.4, -0.2) is 8.42 Å². The number of anilines is 2. The third-order valence-corrected chi connectivity index (χ3v) is 4.18. The van der Waals surface area contributed by atoms with E-state index in [9.17, 15) is 17.2 Å². The number of hydrogen-bond acceptors (Lipinski definition) is 3. The highest BCUT2D eigenvalue weighted by Gasteiger charge is 2.21. The SMILES string of the molecule is Nc1ccc(F)cc1S(=O)(=O)Nc1c(F)cccc1Cl. The minimum Gasteiger partial charge on any atom is -0.398 e. The van der Waals surface area contributed by atoms with E-state index in [1.165, 1.54) is 12.1 Å². The standard InChI is InChI=1S/C12H9ClF2N2O2S/c13-8-2-1-3-9(15)12(8)17-20(18,19)11-6-7(14)4-5-10(11)16/h1-6,17H,16H2. The summed E-state index contributed by atoms with van der Waals surface area (Å²) in [5.41, 5.74) is 4.91. The van der Waals surface area contributed by atoms with E-state index in [0.29, 0.717) is 0 Å². The largest absolute Gasteiger partial charge is 0.398 e. The van der Waals surface area contributed by atoms with Crippen LogP contribution in [0.4, 0.5) is 20.2 Å². The lowest BCUT2D eigenvalue weighted by molar-refractivity contribution is 0.594. The van der Waals surface area contributed by atoms with Gasteiger partial charge in [0.1, 0.15) is 22.2 Å². The van der Waals surface area contributed by atoms with Crippen LogP contribution in [0.3, 0.4) is 0 Å². The number of nitrogens with two attached hydrogens (primary N) is 1. The molecule has 0 aliphatic heterocycles. The van der Waals surface area contributed by atoms with Gasteiger partial charge < -0.3 is 5.73 Å². The van der Waals surface area contributed by atoms with E-state index in [4.69, 9.17) is 17.3 Å². The van der Waals surface area contributed by atoms with Crippen LogP contribution in [0, 0.1) is 11.6 Å². The molecule has 0 aromatic heterocycles. The Morgan fingerprint density at radius 1 is 1.15 bits per heavy atom. The lowest BCUT2D eigenvalue weighted by atomic mass is 10.3. The van der Waals surface area contributed by atoms with E-state index < -0.39 is 32.2 Å². The Balaban J connectivity index is 2.49. The third kappa shape index (κ3) is 2.83. The van der Waals surface area contributed by atoms with Gasteiger partial charge in [0.2, 0.25) is 0 Å². The molecule has 0 saturated heterocycles. The molecule has 0 atom stereocenters. The van der Waals surface area contributed by atoms with Crippen LogP contribution < -0.4 is 10.5 Å². The number of nitrogens with one attached hydrogen (secondary N) is 1. The van der Waals surface area contributed by atoms with Crippen molar-refractivity contribution in [3.63, 3.8) is 0 Å². The summed E-state index contributed by atoms with van der Waals surface area (Å²) in [6, 6.07) is 6.55. The Bertz CT molecular complexity index is 746. The number of hydrogen-bond donors (Lipinski definition) is 2. The molecule has 0 unspecified atom stereocenters. The Labute approximate surface area is 119 Å². The van der Waals surface area contributed by atoms with Crippen molar-refractivity contribution < 1.29 is 17.2 Å². The van der Waals surface area contributed by atoms with Crippen molar-refractivity contribution in [1.82, 2.24) is 0 Å². The van der Waals surface area contributed by atoms with Gasteiger partial charge in [0.25, 0.3) is 10.0 Å². The first-order valence-corrected chi connectivity index (χ1v) is 7.19. The lowest BCUT2D eigenvalue weighted by Crippen LogP contribution is -2.16. The number of para-hydroxylation sites is 1. The first kappa shape index (κ1) is 14.5. The smallest absolute Gasteiger partial charge is 0.264 e. The van der Waals surface area contributed by atoms with E-state index >= 15 is 0 Å². The van der Waals surface area contributed by atoms with Gasteiger partial charge in [-0.2, -0.15) is 0 Å². The van der Waals surface area contributed by atoms with Crippen molar-refractivity contribution in [3.05, 3.63) is 53.1 Å². The second-order valence-corrected chi connectivity index (χ2v) is 5.94. The zero-order valence-corrected chi connectivity index (χ0v) is 11.5. The summed E-state index contributed by atoms with van der Waals surface area (Å²) in [5.74, 6) is -1.63. The maximum atomic E-state index is 13.6. The van der Waals surface area contributed by atoms with Crippen LogP contribution in [0.25, 0.3) is 0 Å². The summed E-state index contributed by atoms with van der Waals surface area (Å²) >= 11 is 5.72. The number of halogens is 3. The highest BCUT2D eigenvalue weighted by atomic mass is 35.5. The molecule has 2 rings (SSSR count). The van der Waals surface area contributed by atoms with Crippen LogP contribution in [0.5, 0.6) is 0 Å². The molecule has 2 aromatic carbocycles. The molecular formula is C12H9ClF2N2O2S. The first-order valence-electron chi connectivity index (χ1n) is 5.33. The van der Waals surface area contributed by atoms with Gasteiger partial charge in [0.15, 0.2) is 0 Å². The maximum Gasteiger partial charge on any atom is 0.264 e. The van der Waals surface area contributed by atoms with Crippen molar-refractivity contribution in [2.24, 2.45) is 0 Å². The van der Waals surface area contributed by atoms with E-state index in [2.05, 4.69) is 0 Å². The minimum absolute atomic E-state index is 0.122. The van der Waals surface area contributed by atoms with E-state index in [1.54, 1.807) is 0 Å². The van der Waals surface area contributed by atoms with E-state index in [-0.39, 0.29) is 10.7 Å². The van der Waals surface area contributed by atoms with Gasteiger partial charge in [-0.25, -0.2) is 17.2 Å². The molecule has 0 fully saturated rings. The van der Waals surface area contributed by atoms with Gasteiger partial charge in [-0.15, -0.1) is 0 Å². The van der Waals surface area contributed by atoms with E-state index in [1.807, 2.05) is 4.72 Å². The zero-order valence-electron chi connectivity index (χ0n) is 9.90. The summed E-state index contributed by atoms with van der Waals surface area (Å²) in [5, 5.41) is -0.122. The fourth-order valence-electron chi connectivity index (χ4n) is 1.53. The van der Waals surface area contributed by atoms with Gasteiger partial charge in [-0.3, -0.25) is 4.72 Å². The van der Waals surface area contributed by atoms with Gasteiger partial charge in [0.05, 0.1) is 10.7 Å². The number of rotatable bonds is 3. The average molecular weight is 319 g/mol. The Hall–Kier alpha value is -1.86. The van der Waals surface area contributed by atoms with Crippen molar-refractivity contribution in [1.29, 1.82) is 0 Å². The second kappa shape index (κ2) is 5.26. The molecule has 0 aliphatic carbocycles. The fourth-order valence-corrected chi connectivity index (χ4v) is 3.02. The van der Waals surface area contributed by atoms with Gasteiger partial charge >= 0.3 is 0 Å². The predicted molar refractivity (Wildman–Crippen MR) is 73.0 cm³/mol. The van der Waals surface area contributed by atoms with Gasteiger partial charge in [-0.1, -0.05) is 17.7 Å². The van der Waals surface area contributed by atoms with Gasteiger partial charge in [-0.05, 0) is 30.3 Å². The number of benzene rings is 2. The van der Waals surface area contributed by atoms with Crippen LogP contribution in [0.1, 0.15) is 0 Å². The average Bonchev–Trinajstić information content (AvgIpc) is 2.37. The summed E-state index contributed by atoms with van der Waals surface area (Å²) in [6.45, 7) is 0. The van der Waals surface area contributed by atoms with Crippen molar-refractivity contribution >= 4 is 33.0 Å².